The van der Waals surface area contributed by atoms with Crippen molar-refractivity contribution in [3.63, 3.8) is 0 Å². The molecule has 1 amide bonds. The molecule has 3 rings (SSSR count). The minimum absolute atomic E-state index is 0.0912. The van der Waals surface area contributed by atoms with E-state index < -0.39 is 0 Å². The van der Waals surface area contributed by atoms with Gasteiger partial charge < -0.3 is 16.0 Å². The zero-order valence-electron chi connectivity index (χ0n) is 11.5. The minimum Gasteiger partial charge on any atom is -0.399 e. The fourth-order valence-corrected chi connectivity index (χ4v) is 3.12. The van der Waals surface area contributed by atoms with Crippen LogP contribution in [0.5, 0.6) is 0 Å². The highest BCUT2D eigenvalue weighted by Crippen LogP contribution is 2.34. The van der Waals surface area contributed by atoms with Crippen LogP contribution in [0.4, 0.5) is 5.69 Å². The predicted octanol–water partition coefficient (Wildman–Crippen LogP) is 3.26. The highest BCUT2D eigenvalue weighted by atomic mass is 32.2. The predicted molar refractivity (Wildman–Crippen MR) is 86.7 cm³/mol. The van der Waals surface area contributed by atoms with Gasteiger partial charge in [-0.25, -0.2) is 0 Å². The number of nitrogens with two attached hydrogens (primary N) is 1. The topological polar surface area (TPSA) is 70.9 Å². The number of carbonyl (C=O) groups is 1. The third kappa shape index (κ3) is 2.60. The van der Waals surface area contributed by atoms with E-state index in [1.54, 1.807) is 18.8 Å². The first-order valence-electron chi connectivity index (χ1n) is 6.54. The zero-order chi connectivity index (χ0) is 14.8. The van der Waals surface area contributed by atoms with E-state index in [1.807, 2.05) is 48.7 Å². The summed E-state index contributed by atoms with van der Waals surface area (Å²) in [6.45, 7) is 0. The van der Waals surface area contributed by atoms with Crippen LogP contribution in [-0.4, -0.2) is 17.9 Å². The van der Waals surface area contributed by atoms with Crippen LogP contribution < -0.4 is 11.1 Å². The van der Waals surface area contributed by atoms with Gasteiger partial charge in [0.25, 0.3) is 5.91 Å². The average molecular weight is 297 g/mol. The molecular weight excluding hydrogens is 282 g/mol. The number of benzene rings is 2. The molecule has 2 aromatic carbocycles. The lowest BCUT2D eigenvalue weighted by Gasteiger charge is -2.03. The van der Waals surface area contributed by atoms with Crippen molar-refractivity contribution in [2.24, 2.45) is 0 Å². The van der Waals surface area contributed by atoms with Crippen LogP contribution in [0.1, 0.15) is 10.4 Å². The molecular formula is C16H15N3OS. The molecule has 0 aliphatic heterocycles. The minimum atomic E-state index is -0.0912. The number of hydrogen-bond acceptors (Lipinski definition) is 3. The van der Waals surface area contributed by atoms with Crippen LogP contribution in [-0.2, 0) is 0 Å². The van der Waals surface area contributed by atoms with Gasteiger partial charge in [-0.2, -0.15) is 0 Å². The third-order valence-electron chi connectivity index (χ3n) is 3.26. The molecule has 5 heteroatoms. The second kappa shape index (κ2) is 5.54. The Morgan fingerprint density at radius 2 is 1.95 bits per heavy atom. The fourth-order valence-electron chi connectivity index (χ4n) is 2.20. The molecule has 0 aliphatic rings. The van der Waals surface area contributed by atoms with E-state index >= 15 is 0 Å². The average Bonchev–Trinajstić information content (AvgIpc) is 2.92. The molecule has 0 radical (unpaired) electrons. The smallest absolute Gasteiger partial charge is 0.253 e. The quantitative estimate of drug-likeness (QED) is 0.650. The molecule has 4 nitrogen and oxygen atoms in total. The van der Waals surface area contributed by atoms with Crippen molar-refractivity contribution in [2.75, 3.05) is 12.8 Å². The van der Waals surface area contributed by atoms with Gasteiger partial charge in [0.2, 0.25) is 0 Å². The number of aromatic amines is 1. The molecule has 0 saturated carbocycles. The number of amides is 1. The summed E-state index contributed by atoms with van der Waals surface area (Å²) in [4.78, 5) is 17.3. The normalized spacial score (nSPS) is 10.7. The van der Waals surface area contributed by atoms with Crippen molar-refractivity contribution in [1.82, 2.24) is 10.3 Å². The van der Waals surface area contributed by atoms with E-state index in [9.17, 15) is 4.79 Å². The number of para-hydroxylation sites is 1. The Bertz CT molecular complexity index is 793. The Balaban J connectivity index is 2.01. The Morgan fingerprint density at radius 3 is 2.67 bits per heavy atom. The van der Waals surface area contributed by atoms with Gasteiger partial charge in [0, 0.05) is 34.1 Å². The number of nitrogen functional groups attached to an aromatic ring is 1. The van der Waals surface area contributed by atoms with Crippen molar-refractivity contribution in [2.45, 2.75) is 9.79 Å². The van der Waals surface area contributed by atoms with Crippen LogP contribution in [0.2, 0.25) is 0 Å². The van der Waals surface area contributed by atoms with Crippen LogP contribution in [0.15, 0.2) is 58.5 Å². The van der Waals surface area contributed by atoms with Gasteiger partial charge in [0.1, 0.15) is 0 Å². The fraction of sp³-hybridized carbons (Fsp3) is 0.0625. The molecule has 4 N–H and O–H groups in total. The largest absolute Gasteiger partial charge is 0.399 e. The summed E-state index contributed by atoms with van der Waals surface area (Å²) in [6.07, 6.45) is 1.93. The maximum absolute atomic E-state index is 11.9. The second-order valence-corrected chi connectivity index (χ2v) is 5.75. The molecule has 1 heterocycles. The molecule has 0 fully saturated rings. The second-order valence-electron chi connectivity index (χ2n) is 4.63. The maximum Gasteiger partial charge on any atom is 0.253 e. The molecule has 0 bridgehead atoms. The monoisotopic (exact) mass is 297 g/mol. The standard InChI is InChI=1S/C16H15N3OS/c1-18-16(20)13-4-2-3-12-14(9-19-15(12)13)21-11-7-5-10(17)6-8-11/h2-9,19H,17H2,1H3,(H,18,20). The number of H-pyrrole nitrogens is 1. The number of hydrogen-bond donors (Lipinski definition) is 3. The molecule has 106 valence electrons. The first kappa shape index (κ1) is 13.6. The zero-order valence-corrected chi connectivity index (χ0v) is 12.3. The van der Waals surface area contributed by atoms with E-state index in [2.05, 4.69) is 10.3 Å². The van der Waals surface area contributed by atoms with Crippen LogP contribution in [0, 0.1) is 0 Å². The van der Waals surface area contributed by atoms with E-state index in [4.69, 9.17) is 5.73 Å². The summed E-state index contributed by atoms with van der Waals surface area (Å²) in [5.74, 6) is -0.0912. The molecule has 0 spiro atoms. The summed E-state index contributed by atoms with van der Waals surface area (Å²) in [7, 11) is 1.63. The number of anilines is 1. The van der Waals surface area contributed by atoms with Gasteiger partial charge in [0.15, 0.2) is 0 Å². The Morgan fingerprint density at radius 1 is 1.19 bits per heavy atom. The number of fused-ring (bicyclic) bond motifs is 1. The molecule has 0 unspecified atom stereocenters. The number of carbonyl (C=O) groups excluding carboxylic acids is 1. The van der Waals surface area contributed by atoms with Crippen LogP contribution in [0.3, 0.4) is 0 Å². The van der Waals surface area contributed by atoms with E-state index in [-0.39, 0.29) is 5.91 Å². The summed E-state index contributed by atoms with van der Waals surface area (Å²) in [5.41, 5.74) is 7.96. The summed E-state index contributed by atoms with van der Waals surface area (Å²) >= 11 is 1.64. The van der Waals surface area contributed by atoms with E-state index in [0.29, 0.717) is 5.56 Å². The summed E-state index contributed by atoms with van der Waals surface area (Å²) in [6, 6.07) is 13.5. The van der Waals surface area contributed by atoms with Gasteiger partial charge in [-0.3, -0.25) is 4.79 Å². The van der Waals surface area contributed by atoms with Crippen molar-refractivity contribution < 1.29 is 4.79 Å². The molecule has 0 aliphatic carbocycles. The molecule has 3 aromatic rings. The lowest BCUT2D eigenvalue weighted by molar-refractivity contribution is 0.0964. The van der Waals surface area contributed by atoms with Crippen molar-refractivity contribution >= 4 is 34.3 Å². The highest BCUT2D eigenvalue weighted by Gasteiger charge is 2.12. The summed E-state index contributed by atoms with van der Waals surface area (Å²) < 4.78 is 0. The van der Waals surface area contributed by atoms with Gasteiger partial charge in [-0.1, -0.05) is 23.9 Å². The Labute approximate surface area is 126 Å². The van der Waals surface area contributed by atoms with Crippen LogP contribution >= 0.6 is 11.8 Å². The Kier molecular flexibility index (Phi) is 3.58. The van der Waals surface area contributed by atoms with Gasteiger partial charge in [0.05, 0.1) is 11.1 Å². The molecule has 1 aromatic heterocycles. The first-order chi connectivity index (χ1) is 10.2. The molecule has 0 atom stereocenters. The van der Waals surface area contributed by atoms with Crippen LogP contribution in [0.25, 0.3) is 10.9 Å². The number of rotatable bonds is 3. The van der Waals surface area contributed by atoms with Gasteiger partial charge in [-0.05, 0) is 30.3 Å². The van der Waals surface area contributed by atoms with E-state index in [1.165, 1.54) is 0 Å². The Hall–Kier alpha value is -2.40. The first-order valence-corrected chi connectivity index (χ1v) is 7.36. The molecule has 21 heavy (non-hydrogen) atoms. The number of aromatic nitrogens is 1. The summed E-state index contributed by atoms with van der Waals surface area (Å²) in [5, 5.41) is 3.70. The SMILES string of the molecule is CNC(=O)c1cccc2c(Sc3ccc(N)cc3)c[nH]c12. The molecule has 0 saturated heterocycles. The van der Waals surface area contributed by atoms with Crippen molar-refractivity contribution in [3.05, 3.63) is 54.2 Å². The lowest BCUT2D eigenvalue weighted by Crippen LogP contribution is -2.17. The van der Waals surface area contributed by atoms with Crippen molar-refractivity contribution in [3.8, 4) is 0 Å². The van der Waals surface area contributed by atoms with Gasteiger partial charge in [-0.15, -0.1) is 0 Å². The number of nitrogens with one attached hydrogen (secondary N) is 2. The highest BCUT2D eigenvalue weighted by molar-refractivity contribution is 7.99. The van der Waals surface area contributed by atoms with Gasteiger partial charge >= 0.3 is 0 Å². The third-order valence-corrected chi connectivity index (χ3v) is 4.32. The maximum atomic E-state index is 11.9. The lowest BCUT2D eigenvalue weighted by atomic mass is 10.1. The van der Waals surface area contributed by atoms with E-state index in [0.717, 1.165) is 26.4 Å². The van der Waals surface area contributed by atoms with Crippen molar-refractivity contribution in [1.29, 1.82) is 0 Å².